The van der Waals surface area contributed by atoms with Crippen molar-refractivity contribution in [3.05, 3.63) is 0 Å². The third-order valence-corrected chi connectivity index (χ3v) is 14.8. The van der Waals surface area contributed by atoms with E-state index in [4.69, 9.17) is 4.74 Å². The van der Waals surface area contributed by atoms with Gasteiger partial charge in [-0.1, -0.05) is 279 Å². The van der Waals surface area contributed by atoms with E-state index in [1.807, 2.05) is 0 Å². The summed E-state index contributed by atoms with van der Waals surface area (Å²) in [5, 5.41) is 5.74. The summed E-state index contributed by atoms with van der Waals surface area (Å²) in [6.07, 6.45) is 62.9. The molecular weight excluding hydrogens is 871 g/mol. The van der Waals surface area contributed by atoms with E-state index in [0.717, 1.165) is 65.0 Å². The highest BCUT2D eigenvalue weighted by molar-refractivity contribution is 5.69. The predicted octanol–water partition coefficient (Wildman–Crippen LogP) is 18.8. The van der Waals surface area contributed by atoms with Gasteiger partial charge in [0.25, 0.3) is 0 Å². The van der Waals surface area contributed by atoms with Crippen LogP contribution in [0.5, 0.6) is 0 Å². The standard InChI is InChI=1S/C25H53N.C23H47NO2.C16H35N3/c1-4-6-8-10-12-14-16-18-20-22-24-26(3)25-23-21-19-17-15-13-11-9-7-5-2;1-4-6-8-9-10-11-12-13-16-20-24(3)21-17-14-15-19-23(25)26-22-18-7-5-2;1-2-3-4-5-6-7-8-9-10-11-12-18-19-15-13-17-14-16-19/h4-25H2,1-3H3;4-22H2,1-3H3;17-18H,2-16H2,1H3. The van der Waals surface area contributed by atoms with E-state index in [2.05, 4.69) is 74.3 Å². The fourth-order valence-corrected chi connectivity index (χ4v) is 9.76. The van der Waals surface area contributed by atoms with Gasteiger partial charge < -0.3 is 19.9 Å². The second kappa shape index (κ2) is 65.4. The van der Waals surface area contributed by atoms with Gasteiger partial charge in [0.05, 0.1) is 6.61 Å². The molecule has 1 aliphatic heterocycles. The number of hydrazine groups is 1. The minimum atomic E-state index is -0.0100. The van der Waals surface area contributed by atoms with Crippen molar-refractivity contribution in [3.8, 4) is 0 Å². The summed E-state index contributed by atoms with van der Waals surface area (Å²) in [5.41, 5.74) is 3.54. The molecule has 0 aromatic rings. The molecule has 0 atom stereocenters. The van der Waals surface area contributed by atoms with Crippen LogP contribution in [0.4, 0.5) is 0 Å². The molecular formula is C64H135N5O2. The number of hydrogen-bond donors (Lipinski definition) is 2. The van der Waals surface area contributed by atoms with Crippen molar-refractivity contribution in [2.45, 2.75) is 330 Å². The molecule has 0 unspecified atom stereocenters. The number of nitrogens with one attached hydrogen (secondary N) is 2. The summed E-state index contributed by atoms with van der Waals surface area (Å²) in [6, 6.07) is 0. The topological polar surface area (TPSA) is 60.1 Å². The van der Waals surface area contributed by atoms with Crippen LogP contribution in [0.25, 0.3) is 0 Å². The van der Waals surface area contributed by atoms with Gasteiger partial charge in [0.2, 0.25) is 0 Å². The van der Waals surface area contributed by atoms with Gasteiger partial charge in [0.1, 0.15) is 0 Å². The summed E-state index contributed by atoms with van der Waals surface area (Å²) >= 11 is 0. The van der Waals surface area contributed by atoms with Gasteiger partial charge in [-0.2, -0.15) is 0 Å². The van der Waals surface area contributed by atoms with Gasteiger partial charge in [-0.15, -0.1) is 0 Å². The lowest BCUT2D eigenvalue weighted by Gasteiger charge is -2.27. The van der Waals surface area contributed by atoms with Crippen LogP contribution in [-0.4, -0.2) is 100 Å². The summed E-state index contributed by atoms with van der Waals surface area (Å²) in [6.45, 7) is 22.7. The molecule has 7 nitrogen and oxygen atoms in total. The second-order valence-corrected chi connectivity index (χ2v) is 22.4. The molecule has 0 aromatic heterocycles. The van der Waals surface area contributed by atoms with Gasteiger partial charge in [-0.3, -0.25) is 10.2 Å². The Hall–Kier alpha value is -0.730. The fraction of sp³-hybridized carbons (Fsp3) is 0.984. The average Bonchev–Trinajstić information content (AvgIpc) is 3.38. The van der Waals surface area contributed by atoms with Crippen LogP contribution in [0.1, 0.15) is 330 Å². The monoisotopic (exact) mass is 1010 g/mol. The SMILES string of the molecule is CCCCCCCCCCCCN(C)CCCCCCCCCCCC.CCCCCCCCCCCCNN1CCNCC1.CCCCCCCCCCCN(C)CCCCCC(=O)OCCCCC. The number of esters is 1. The van der Waals surface area contributed by atoms with Crippen molar-refractivity contribution < 1.29 is 9.53 Å². The minimum absolute atomic E-state index is 0.0100. The van der Waals surface area contributed by atoms with Gasteiger partial charge in [0, 0.05) is 39.1 Å². The van der Waals surface area contributed by atoms with Crippen LogP contribution in [0, 0.1) is 0 Å². The maximum Gasteiger partial charge on any atom is 0.305 e. The molecule has 71 heavy (non-hydrogen) atoms. The Balaban J connectivity index is 0. The van der Waals surface area contributed by atoms with Gasteiger partial charge in [-0.05, 0) is 85.2 Å². The highest BCUT2D eigenvalue weighted by Gasteiger charge is 2.08. The van der Waals surface area contributed by atoms with Crippen LogP contribution in [-0.2, 0) is 9.53 Å². The van der Waals surface area contributed by atoms with Gasteiger partial charge >= 0.3 is 5.97 Å². The Morgan fingerprint density at radius 3 is 0.972 bits per heavy atom. The maximum absolute atomic E-state index is 11.6. The van der Waals surface area contributed by atoms with E-state index < -0.39 is 0 Å². The molecule has 2 N–H and O–H groups in total. The van der Waals surface area contributed by atoms with E-state index in [0.29, 0.717) is 13.0 Å². The lowest BCUT2D eigenvalue weighted by atomic mass is 10.1. The van der Waals surface area contributed by atoms with Gasteiger partial charge in [0.15, 0.2) is 0 Å². The minimum Gasteiger partial charge on any atom is -0.466 e. The fourth-order valence-electron chi connectivity index (χ4n) is 9.76. The molecule has 0 amide bonds. The van der Waals surface area contributed by atoms with Crippen LogP contribution in [0.2, 0.25) is 0 Å². The summed E-state index contributed by atoms with van der Waals surface area (Å²) in [5.74, 6) is -0.0100. The molecule has 1 fully saturated rings. The predicted molar refractivity (Wildman–Crippen MR) is 319 cm³/mol. The molecule has 0 aromatic carbocycles. The van der Waals surface area contributed by atoms with Crippen molar-refractivity contribution in [2.24, 2.45) is 0 Å². The van der Waals surface area contributed by atoms with Gasteiger partial charge in [-0.25, -0.2) is 5.01 Å². The van der Waals surface area contributed by atoms with E-state index in [1.165, 1.54) is 283 Å². The Bertz CT molecular complexity index is 924. The Labute approximate surface area is 448 Å². The molecule has 428 valence electrons. The highest BCUT2D eigenvalue weighted by atomic mass is 16.5. The van der Waals surface area contributed by atoms with Crippen LogP contribution < -0.4 is 10.7 Å². The molecule has 0 saturated carbocycles. The number of ether oxygens (including phenoxy) is 1. The largest absolute Gasteiger partial charge is 0.466 e. The molecule has 1 heterocycles. The van der Waals surface area contributed by atoms with Crippen molar-refractivity contribution in [1.29, 1.82) is 0 Å². The molecule has 1 saturated heterocycles. The first-order valence-corrected chi connectivity index (χ1v) is 32.7. The van der Waals surface area contributed by atoms with Crippen LogP contribution in [0.3, 0.4) is 0 Å². The lowest BCUT2D eigenvalue weighted by Crippen LogP contribution is -2.50. The average molecular weight is 1010 g/mol. The molecule has 0 aliphatic carbocycles. The highest BCUT2D eigenvalue weighted by Crippen LogP contribution is 2.14. The maximum atomic E-state index is 11.6. The molecule has 0 spiro atoms. The van der Waals surface area contributed by atoms with E-state index in [-0.39, 0.29) is 5.97 Å². The first-order chi connectivity index (χ1) is 34.9. The summed E-state index contributed by atoms with van der Waals surface area (Å²) < 4.78 is 5.23. The Kier molecular flexibility index (Phi) is 66.6. The number of nitrogens with zero attached hydrogens (tertiary/aromatic N) is 3. The molecule has 0 bridgehead atoms. The quantitative estimate of drug-likeness (QED) is 0.0465. The number of piperazine rings is 1. The number of carbonyl (C=O) groups is 1. The molecule has 1 aliphatic rings. The van der Waals surface area contributed by atoms with Crippen LogP contribution >= 0.6 is 0 Å². The molecule has 0 radical (unpaired) electrons. The third kappa shape index (κ3) is 65.3. The first-order valence-electron chi connectivity index (χ1n) is 32.7. The zero-order chi connectivity index (χ0) is 52.0. The lowest BCUT2D eigenvalue weighted by molar-refractivity contribution is -0.143. The van der Waals surface area contributed by atoms with Crippen molar-refractivity contribution >= 4 is 5.97 Å². The second-order valence-electron chi connectivity index (χ2n) is 22.4. The zero-order valence-corrected chi connectivity index (χ0v) is 50.3. The number of rotatable bonds is 54. The van der Waals surface area contributed by atoms with E-state index in [1.54, 1.807) is 0 Å². The van der Waals surface area contributed by atoms with Crippen molar-refractivity contribution in [3.63, 3.8) is 0 Å². The summed E-state index contributed by atoms with van der Waals surface area (Å²) in [7, 11) is 4.55. The third-order valence-electron chi connectivity index (χ3n) is 14.8. The first kappa shape index (κ1) is 72.3. The van der Waals surface area contributed by atoms with Crippen molar-refractivity contribution in [2.75, 3.05) is 79.6 Å². The number of carbonyl (C=O) groups excluding carboxylic acids is 1. The van der Waals surface area contributed by atoms with Crippen LogP contribution in [0.15, 0.2) is 0 Å². The van der Waals surface area contributed by atoms with E-state index >= 15 is 0 Å². The Morgan fingerprint density at radius 1 is 0.380 bits per heavy atom. The van der Waals surface area contributed by atoms with E-state index in [9.17, 15) is 4.79 Å². The molecule has 1 rings (SSSR count). The summed E-state index contributed by atoms with van der Waals surface area (Å²) in [4.78, 5) is 16.6. The normalized spacial score (nSPS) is 12.9. The van der Waals surface area contributed by atoms with Crippen molar-refractivity contribution in [1.82, 2.24) is 25.6 Å². The molecule has 7 heteroatoms. The zero-order valence-electron chi connectivity index (χ0n) is 50.3. The number of hydrogen-bond acceptors (Lipinski definition) is 7. The smallest absolute Gasteiger partial charge is 0.305 e. The number of unbranched alkanes of at least 4 members (excludes halogenated alkanes) is 39. The Morgan fingerprint density at radius 2 is 0.648 bits per heavy atom.